The third kappa shape index (κ3) is 2.84. The Balaban J connectivity index is 1.52. The number of hydrogen-bond acceptors (Lipinski definition) is 6. The van der Waals surface area contributed by atoms with Gasteiger partial charge in [0.25, 0.3) is 0 Å². The van der Waals surface area contributed by atoms with Crippen LogP contribution in [-0.4, -0.2) is 42.8 Å². The van der Waals surface area contributed by atoms with Gasteiger partial charge in [0.2, 0.25) is 0 Å². The lowest BCUT2D eigenvalue weighted by Gasteiger charge is -2.28. The lowest BCUT2D eigenvalue weighted by Crippen LogP contribution is -2.43. The normalized spacial score (nSPS) is 25.7. The van der Waals surface area contributed by atoms with Crippen molar-refractivity contribution in [3.05, 3.63) is 35.5 Å². The zero-order chi connectivity index (χ0) is 20.3. The van der Waals surface area contributed by atoms with E-state index in [1.807, 2.05) is 0 Å². The summed E-state index contributed by atoms with van der Waals surface area (Å²) in [5.74, 6) is -3.03. The van der Waals surface area contributed by atoms with Crippen LogP contribution >= 0.6 is 11.6 Å². The van der Waals surface area contributed by atoms with Crippen molar-refractivity contribution >= 4 is 40.2 Å². The van der Waals surface area contributed by atoms with Gasteiger partial charge in [-0.25, -0.2) is 19.3 Å². The second-order valence-corrected chi connectivity index (χ2v) is 7.89. The van der Waals surface area contributed by atoms with Gasteiger partial charge in [0.15, 0.2) is 17.5 Å². The summed E-state index contributed by atoms with van der Waals surface area (Å²) in [5, 5.41) is 13.6. The summed E-state index contributed by atoms with van der Waals surface area (Å²) in [6.45, 7) is 0. The molecule has 0 amide bonds. The summed E-state index contributed by atoms with van der Waals surface area (Å²) in [7, 11) is 0. The molecule has 3 heterocycles. The fraction of sp³-hybridized carbons (Fsp3) is 0.316. The molecule has 5 rings (SSSR count). The summed E-state index contributed by atoms with van der Waals surface area (Å²) in [4.78, 5) is 39.3. The van der Waals surface area contributed by atoms with Crippen molar-refractivity contribution in [3.8, 4) is 11.4 Å². The van der Waals surface area contributed by atoms with Gasteiger partial charge in [0.05, 0.1) is 23.2 Å². The van der Waals surface area contributed by atoms with Gasteiger partial charge in [-0.3, -0.25) is 9.59 Å². The van der Waals surface area contributed by atoms with E-state index in [-0.39, 0.29) is 29.8 Å². The molecular formula is C19H15ClFN5O3. The van der Waals surface area contributed by atoms with Gasteiger partial charge in [0, 0.05) is 35.7 Å². The average Bonchev–Trinajstić information content (AvgIpc) is 3.35. The standard InChI is InChI=1S/C19H15ClFN5O3/c20-8-3-9-11(5-23-16(9)22-4-8)17-24-6-12(21)18(26-17)25-15-10-1-7(2-13(10)27)14(15)19(28)29/h3-7,10,14-15H,1-2H2,(H,22,23)(H,28,29)(H,24,25,26)/t7?,10?,14?,15-/m0/s1. The Morgan fingerprint density at radius 3 is 2.97 bits per heavy atom. The Labute approximate surface area is 168 Å². The van der Waals surface area contributed by atoms with E-state index >= 15 is 0 Å². The zero-order valence-corrected chi connectivity index (χ0v) is 15.7. The number of anilines is 1. The minimum Gasteiger partial charge on any atom is -0.481 e. The number of nitrogens with zero attached hydrogens (tertiary/aromatic N) is 3. The first-order chi connectivity index (χ1) is 13.9. The molecule has 2 saturated carbocycles. The monoisotopic (exact) mass is 415 g/mol. The first-order valence-corrected chi connectivity index (χ1v) is 9.47. The number of pyridine rings is 1. The molecule has 2 aliphatic carbocycles. The number of aromatic nitrogens is 4. The lowest BCUT2D eigenvalue weighted by atomic mass is 9.83. The lowest BCUT2D eigenvalue weighted by molar-refractivity contribution is -0.144. The van der Waals surface area contributed by atoms with Crippen molar-refractivity contribution in [1.29, 1.82) is 0 Å². The summed E-state index contributed by atoms with van der Waals surface area (Å²) in [6, 6.07) is 1.00. The minimum absolute atomic E-state index is 0.0111. The molecule has 8 nitrogen and oxygen atoms in total. The molecule has 3 unspecified atom stereocenters. The Morgan fingerprint density at radius 1 is 1.34 bits per heavy atom. The number of H-pyrrole nitrogens is 1. The highest BCUT2D eigenvalue weighted by molar-refractivity contribution is 6.31. The van der Waals surface area contributed by atoms with Crippen molar-refractivity contribution < 1.29 is 19.1 Å². The Morgan fingerprint density at radius 2 is 2.17 bits per heavy atom. The maximum atomic E-state index is 14.4. The number of carbonyl (C=O) groups is 2. The highest BCUT2D eigenvalue weighted by Crippen LogP contribution is 2.47. The Bertz CT molecular complexity index is 1170. The highest BCUT2D eigenvalue weighted by atomic mass is 35.5. The zero-order valence-electron chi connectivity index (χ0n) is 14.9. The molecule has 0 aromatic carbocycles. The molecule has 0 aliphatic heterocycles. The molecule has 0 radical (unpaired) electrons. The van der Waals surface area contributed by atoms with Gasteiger partial charge in [-0.15, -0.1) is 0 Å². The van der Waals surface area contributed by atoms with Gasteiger partial charge in [-0.05, 0) is 18.4 Å². The van der Waals surface area contributed by atoms with Crippen LogP contribution in [0, 0.1) is 23.6 Å². The number of halogens is 2. The fourth-order valence-corrected chi connectivity index (χ4v) is 4.74. The van der Waals surface area contributed by atoms with Crippen molar-refractivity contribution in [1.82, 2.24) is 19.9 Å². The molecule has 4 atom stereocenters. The molecule has 3 N–H and O–H groups in total. The molecule has 3 aromatic heterocycles. The number of nitrogens with one attached hydrogen (secondary N) is 2. The van der Waals surface area contributed by atoms with Gasteiger partial charge in [-0.1, -0.05) is 11.6 Å². The Hall–Kier alpha value is -3.07. The SMILES string of the molecule is O=C1CC2CC1[C@H](Nc1nc(-c3c[nH]c4ncc(Cl)cc34)ncc1F)C2C(=O)O. The minimum atomic E-state index is -0.991. The highest BCUT2D eigenvalue weighted by Gasteiger charge is 2.55. The molecule has 0 saturated heterocycles. The molecule has 3 aromatic rings. The van der Waals surface area contributed by atoms with Crippen molar-refractivity contribution in [2.75, 3.05) is 5.32 Å². The third-order valence-electron chi connectivity index (χ3n) is 5.83. The number of carboxylic acid groups (broad SMARTS) is 1. The van der Waals surface area contributed by atoms with E-state index in [4.69, 9.17) is 11.6 Å². The van der Waals surface area contributed by atoms with Crippen molar-refractivity contribution in [2.24, 2.45) is 17.8 Å². The quantitative estimate of drug-likeness (QED) is 0.599. The van der Waals surface area contributed by atoms with Crippen LogP contribution in [0.5, 0.6) is 0 Å². The predicted octanol–water partition coefficient (Wildman–Crippen LogP) is 2.90. The molecule has 148 valence electrons. The second-order valence-electron chi connectivity index (χ2n) is 7.45. The van der Waals surface area contributed by atoms with Crippen LogP contribution in [0.2, 0.25) is 5.02 Å². The Kier molecular flexibility index (Phi) is 4.02. The van der Waals surface area contributed by atoms with Crippen LogP contribution in [0.25, 0.3) is 22.4 Å². The number of rotatable bonds is 4. The molecule has 2 bridgehead atoms. The van der Waals surface area contributed by atoms with E-state index in [0.717, 1.165) is 6.20 Å². The van der Waals surface area contributed by atoms with E-state index < -0.39 is 29.7 Å². The summed E-state index contributed by atoms with van der Waals surface area (Å²) in [5.41, 5.74) is 1.16. The summed E-state index contributed by atoms with van der Waals surface area (Å²) >= 11 is 6.02. The van der Waals surface area contributed by atoms with Crippen molar-refractivity contribution in [3.63, 3.8) is 0 Å². The number of aliphatic carboxylic acids is 1. The van der Waals surface area contributed by atoms with Crippen molar-refractivity contribution in [2.45, 2.75) is 18.9 Å². The van der Waals surface area contributed by atoms with Crippen LogP contribution in [0.3, 0.4) is 0 Å². The molecule has 2 fully saturated rings. The van der Waals surface area contributed by atoms with Gasteiger partial charge >= 0.3 is 5.97 Å². The molecule has 0 spiro atoms. The first kappa shape index (κ1) is 18.0. The predicted molar refractivity (Wildman–Crippen MR) is 102 cm³/mol. The number of Topliss-reactive ketones (excluding diaryl/α,β-unsaturated/α-hetero) is 1. The van der Waals surface area contributed by atoms with E-state index in [0.29, 0.717) is 28.0 Å². The van der Waals surface area contributed by atoms with E-state index in [9.17, 15) is 19.1 Å². The number of carboxylic acids is 1. The van der Waals surface area contributed by atoms with Crippen LogP contribution in [-0.2, 0) is 9.59 Å². The maximum Gasteiger partial charge on any atom is 0.308 e. The number of carbonyl (C=O) groups excluding carboxylic acids is 1. The molecule has 10 heteroatoms. The molecular weight excluding hydrogens is 401 g/mol. The van der Waals surface area contributed by atoms with Crippen LogP contribution in [0.4, 0.5) is 10.2 Å². The number of ketones is 1. The maximum absolute atomic E-state index is 14.4. The largest absolute Gasteiger partial charge is 0.481 e. The molecule has 29 heavy (non-hydrogen) atoms. The van der Waals surface area contributed by atoms with Crippen LogP contribution in [0.1, 0.15) is 12.8 Å². The van der Waals surface area contributed by atoms with E-state index in [1.165, 1.54) is 6.20 Å². The van der Waals surface area contributed by atoms with Crippen LogP contribution < -0.4 is 5.32 Å². The fourth-order valence-electron chi connectivity index (χ4n) is 4.58. The van der Waals surface area contributed by atoms with E-state index in [1.54, 1.807) is 12.3 Å². The first-order valence-electron chi connectivity index (χ1n) is 9.10. The summed E-state index contributed by atoms with van der Waals surface area (Å²) < 4.78 is 14.4. The number of hydrogen-bond donors (Lipinski definition) is 3. The van der Waals surface area contributed by atoms with Crippen LogP contribution in [0.15, 0.2) is 24.7 Å². The third-order valence-corrected chi connectivity index (χ3v) is 6.04. The van der Waals surface area contributed by atoms with Gasteiger partial charge in [-0.2, -0.15) is 0 Å². The van der Waals surface area contributed by atoms with Gasteiger partial charge in [0.1, 0.15) is 11.4 Å². The molecule has 2 aliphatic rings. The smallest absolute Gasteiger partial charge is 0.308 e. The number of aromatic amines is 1. The number of fused-ring (bicyclic) bond motifs is 3. The van der Waals surface area contributed by atoms with E-state index in [2.05, 4.69) is 25.3 Å². The van der Waals surface area contributed by atoms with Gasteiger partial charge < -0.3 is 15.4 Å². The topological polar surface area (TPSA) is 121 Å². The summed E-state index contributed by atoms with van der Waals surface area (Å²) in [6.07, 6.45) is 4.93. The second kappa shape index (κ2) is 6.48. The average molecular weight is 416 g/mol.